The third-order valence-electron chi connectivity index (χ3n) is 2.26. The van der Waals surface area contributed by atoms with Gasteiger partial charge in [-0.25, -0.2) is 4.98 Å². The lowest BCUT2D eigenvalue weighted by atomic mass is 10.4. The van der Waals surface area contributed by atoms with Crippen molar-refractivity contribution in [1.29, 1.82) is 0 Å². The molecule has 0 spiro atoms. The molecule has 0 aliphatic rings. The molecule has 0 aromatic carbocycles. The van der Waals surface area contributed by atoms with E-state index < -0.39 is 0 Å². The van der Waals surface area contributed by atoms with Crippen LogP contribution < -0.4 is 10.6 Å². The summed E-state index contributed by atoms with van der Waals surface area (Å²) >= 11 is 1.49. The van der Waals surface area contributed by atoms with Crippen molar-refractivity contribution >= 4 is 17.2 Å². The molecule has 0 saturated carbocycles. The summed E-state index contributed by atoms with van der Waals surface area (Å²) in [5, 5.41) is 7.17. The van der Waals surface area contributed by atoms with E-state index in [1.54, 1.807) is 6.20 Å². The normalized spacial score (nSPS) is 10.5. The zero-order valence-corrected chi connectivity index (χ0v) is 11.4. The number of thiazole rings is 1. The fourth-order valence-corrected chi connectivity index (χ4v) is 2.33. The van der Waals surface area contributed by atoms with Gasteiger partial charge >= 0.3 is 0 Å². The molecule has 1 aromatic rings. The first-order valence-corrected chi connectivity index (χ1v) is 7.03. The van der Waals surface area contributed by atoms with Gasteiger partial charge in [-0.2, -0.15) is 0 Å². The van der Waals surface area contributed by atoms with Crippen molar-refractivity contribution in [3.63, 3.8) is 0 Å². The van der Waals surface area contributed by atoms with Gasteiger partial charge in [0.2, 0.25) is 0 Å². The van der Waals surface area contributed by atoms with Crippen LogP contribution in [-0.4, -0.2) is 30.5 Å². The highest BCUT2D eigenvalue weighted by atomic mass is 32.1. The molecule has 1 amide bonds. The van der Waals surface area contributed by atoms with Gasteiger partial charge in [0.15, 0.2) is 0 Å². The summed E-state index contributed by atoms with van der Waals surface area (Å²) in [5.41, 5.74) is 0. The predicted octanol–water partition coefficient (Wildman–Crippen LogP) is 1.82. The molecule has 0 aliphatic heterocycles. The van der Waals surface area contributed by atoms with Crippen molar-refractivity contribution in [3.8, 4) is 0 Å². The zero-order chi connectivity index (χ0) is 12.5. The van der Waals surface area contributed by atoms with Crippen LogP contribution in [0.1, 0.15) is 41.4 Å². The van der Waals surface area contributed by atoms with Gasteiger partial charge < -0.3 is 10.6 Å². The molecule has 0 radical (unpaired) electrons. The molecule has 4 nitrogen and oxygen atoms in total. The molecule has 2 N–H and O–H groups in total. The van der Waals surface area contributed by atoms with Crippen LogP contribution in [0.15, 0.2) is 6.20 Å². The molecule has 17 heavy (non-hydrogen) atoms. The van der Waals surface area contributed by atoms with Crippen LogP contribution >= 0.6 is 11.3 Å². The molecule has 0 saturated heterocycles. The Morgan fingerprint density at radius 1 is 1.29 bits per heavy atom. The van der Waals surface area contributed by atoms with E-state index in [2.05, 4.69) is 29.5 Å². The molecule has 0 unspecified atom stereocenters. The number of aryl methyl sites for hydroxylation is 1. The highest BCUT2D eigenvalue weighted by Crippen LogP contribution is 2.14. The largest absolute Gasteiger partial charge is 0.350 e. The van der Waals surface area contributed by atoms with Crippen molar-refractivity contribution in [2.75, 3.05) is 19.6 Å². The van der Waals surface area contributed by atoms with Gasteiger partial charge in [-0.05, 0) is 25.8 Å². The summed E-state index contributed by atoms with van der Waals surface area (Å²) < 4.78 is 0. The minimum Gasteiger partial charge on any atom is -0.350 e. The molecule has 0 bridgehead atoms. The van der Waals surface area contributed by atoms with E-state index in [1.165, 1.54) is 11.3 Å². The number of hydrogen-bond donors (Lipinski definition) is 2. The summed E-state index contributed by atoms with van der Waals surface area (Å²) in [4.78, 5) is 16.7. The Balaban J connectivity index is 2.26. The Hall–Kier alpha value is -0.940. The number of rotatable bonds is 8. The van der Waals surface area contributed by atoms with Crippen LogP contribution in [0.5, 0.6) is 0 Å². The minimum atomic E-state index is -0.0110. The van der Waals surface area contributed by atoms with Crippen LogP contribution in [0.2, 0.25) is 0 Å². The molecule has 0 aliphatic carbocycles. The van der Waals surface area contributed by atoms with Crippen molar-refractivity contribution < 1.29 is 4.79 Å². The number of nitrogens with zero attached hydrogens (tertiary/aromatic N) is 1. The Morgan fingerprint density at radius 2 is 2.12 bits per heavy atom. The molecule has 96 valence electrons. The van der Waals surface area contributed by atoms with E-state index in [-0.39, 0.29) is 5.91 Å². The molecular formula is C12H21N3OS. The number of carbonyl (C=O) groups excluding carboxylic acids is 1. The molecule has 0 fully saturated rings. The van der Waals surface area contributed by atoms with Crippen LogP contribution in [-0.2, 0) is 6.42 Å². The quantitative estimate of drug-likeness (QED) is 0.697. The third-order valence-corrected chi connectivity index (χ3v) is 3.31. The first-order chi connectivity index (χ1) is 8.27. The van der Waals surface area contributed by atoms with Crippen LogP contribution in [0.4, 0.5) is 0 Å². The second-order valence-electron chi connectivity index (χ2n) is 3.87. The molecule has 1 rings (SSSR count). The van der Waals surface area contributed by atoms with Gasteiger partial charge in [0, 0.05) is 13.1 Å². The lowest BCUT2D eigenvalue weighted by Crippen LogP contribution is -2.31. The lowest BCUT2D eigenvalue weighted by molar-refractivity contribution is 0.0958. The van der Waals surface area contributed by atoms with Gasteiger partial charge in [-0.3, -0.25) is 4.79 Å². The smallest absolute Gasteiger partial charge is 0.263 e. The summed E-state index contributed by atoms with van der Waals surface area (Å²) in [6, 6.07) is 0. The lowest BCUT2D eigenvalue weighted by Gasteiger charge is -2.04. The van der Waals surface area contributed by atoms with E-state index in [9.17, 15) is 4.79 Å². The van der Waals surface area contributed by atoms with Gasteiger partial charge in [-0.1, -0.05) is 13.8 Å². The number of aromatic nitrogens is 1. The molecular weight excluding hydrogens is 234 g/mol. The first kappa shape index (κ1) is 14.1. The fraction of sp³-hybridized carbons (Fsp3) is 0.667. The monoisotopic (exact) mass is 255 g/mol. The zero-order valence-electron chi connectivity index (χ0n) is 10.6. The Kier molecular flexibility index (Phi) is 6.81. The summed E-state index contributed by atoms with van der Waals surface area (Å²) in [7, 11) is 0. The summed E-state index contributed by atoms with van der Waals surface area (Å²) in [6.45, 7) is 6.72. The highest BCUT2D eigenvalue weighted by molar-refractivity contribution is 7.13. The Morgan fingerprint density at radius 3 is 2.82 bits per heavy atom. The maximum atomic E-state index is 11.7. The Labute approximate surface area is 107 Å². The minimum absolute atomic E-state index is 0.0110. The van der Waals surface area contributed by atoms with Gasteiger partial charge in [0.25, 0.3) is 5.91 Å². The third kappa shape index (κ3) is 5.28. The molecule has 1 heterocycles. The van der Waals surface area contributed by atoms with E-state index in [0.717, 1.165) is 37.4 Å². The van der Waals surface area contributed by atoms with Crippen LogP contribution in [0.3, 0.4) is 0 Å². The van der Waals surface area contributed by atoms with E-state index in [0.29, 0.717) is 11.4 Å². The molecule has 0 atom stereocenters. The van der Waals surface area contributed by atoms with Crippen molar-refractivity contribution in [2.24, 2.45) is 0 Å². The number of amides is 1. The average Bonchev–Trinajstić information content (AvgIpc) is 2.78. The van der Waals surface area contributed by atoms with Gasteiger partial charge in [0.1, 0.15) is 4.88 Å². The summed E-state index contributed by atoms with van der Waals surface area (Å²) in [6.07, 6.45) is 4.80. The van der Waals surface area contributed by atoms with Crippen molar-refractivity contribution in [1.82, 2.24) is 15.6 Å². The van der Waals surface area contributed by atoms with Gasteiger partial charge in [-0.15, -0.1) is 11.3 Å². The number of nitrogens with one attached hydrogen (secondary N) is 2. The van der Waals surface area contributed by atoms with Crippen LogP contribution in [0.25, 0.3) is 0 Å². The van der Waals surface area contributed by atoms with E-state index >= 15 is 0 Å². The maximum absolute atomic E-state index is 11.7. The number of carbonyl (C=O) groups is 1. The summed E-state index contributed by atoms with van der Waals surface area (Å²) in [5.74, 6) is -0.0110. The number of hydrogen-bond acceptors (Lipinski definition) is 4. The fourth-order valence-electron chi connectivity index (χ4n) is 1.40. The van der Waals surface area contributed by atoms with Gasteiger partial charge in [0.05, 0.1) is 11.2 Å². The second kappa shape index (κ2) is 8.20. The second-order valence-corrected chi connectivity index (χ2v) is 4.99. The van der Waals surface area contributed by atoms with E-state index in [1.807, 2.05) is 0 Å². The van der Waals surface area contributed by atoms with Crippen LogP contribution in [0, 0.1) is 0 Å². The predicted molar refractivity (Wildman–Crippen MR) is 71.6 cm³/mol. The Bertz CT molecular complexity index is 338. The van der Waals surface area contributed by atoms with Crippen molar-refractivity contribution in [2.45, 2.75) is 33.1 Å². The first-order valence-electron chi connectivity index (χ1n) is 6.21. The van der Waals surface area contributed by atoms with E-state index in [4.69, 9.17) is 0 Å². The van der Waals surface area contributed by atoms with Crippen molar-refractivity contribution in [3.05, 3.63) is 16.1 Å². The topological polar surface area (TPSA) is 54.0 Å². The highest BCUT2D eigenvalue weighted by Gasteiger charge is 2.09. The molecule has 1 aromatic heterocycles. The average molecular weight is 255 g/mol. The molecule has 5 heteroatoms. The standard InChI is InChI=1S/C12H21N3OS/c1-3-5-11-15-9-10(17-11)12(16)14-8-7-13-6-4-2/h9,13H,3-8H2,1-2H3,(H,14,16). The SMILES string of the molecule is CCCNCCNC(=O)c1cnc(CCC)s1. The maximum Gasteiger partial charge on any atom is 0.263 e.